The summed E-state index contributed by atoms with van der Waals surface area (Å²) in [6.07, 6.45) is 6.98. The van der Waals surface area contributed by atoms with Gasteiger partial charge in [-0.1, -0.05) is 18.2 Å². The van der Waals surface area contributed by atoms with Crippen molar-refractivity contribution >= 4 is 22.4 Å². The van der Waals surface area contributed by atoms with Crippen molar-refractivity contribution in [3.8, 4) is 0 Å². The minimum absolute atomic E-state index is 0.740. The second-order valence-corrected chi connectivity index (χ2v) is 7.34. The molecular weight excluding hydrogens is 270 g/mol. The Morgan fingerprint density at radius 2 is 1.59 bits per heavy atom. The molecule has 4 bridgehead atoms. The first kappa shape index (κ1) is 12.6. The summed E-state index contributed by atoms with van der Waals surface area (Å²) in [6.45, 7) is 0. The smallest absolute Gasteiger partial charge is 0.146 e. The van der Waals surface area contributed by atoms with Crippen molar-refractivity contribution in [1.29, 1.82) is 0 Å². The van der Waals surface area contributed by atoms with Crippen molar-refractivity contribution in [2.45, 2.75) is 32.1 Å². The highest BCUT2D eigenvalue weighted by atomic mass is 15.3. The van der Waals surface area contributed by atoms with E-state index in [0.29, 0.717) is 0 Å². The van der Waals surface area contributed by atoms with Gasteiger partial charge in [0.25, 0.3) is 0 Å². The molecule has 1 aromatic heterocycles. The maximum atomic E-state index is 4.80. The lowest BCUT2D eigenvalue weighted by Crippen LogP contribution is -2.45. The number of hydrazone groups is 1. The summed E-state index contributed by atoms with van der Waals surface area (Å²) in [5.41, 5.74) is 5.70. The number of pyridine rings is 1. The van der Waals surface area contributed by atoms with Crippen LogP contribution in [0, 0.1) is 23.7 Å². The quantitative estimate of drug-likeness (QED) is 0.829. The van der Waals surface area contributed by atoms with Crippen molar-refractivity contribution in [3.63, 3.8) is 0 Å². The highest BCUT2D eigenvalue weighted by Crippen LogP contribution is 2.52. The first-order valence-corrected chi connectivity index (χ1v) is 8.54. The van der Waals surface area contributed by atoms with Gasteiger partial charge >= 0.3 is 0 Å². The Hall–Kier alpha value is -1.90. The summed E-state index contributed by atoms with van der Waals surface area (Å²) in [5.74, 6) is 4.31. The molecule has 4 aliphatic rings. The summed E-state index contributed by atoms with van der Waals surface area (Å²) >= 11 is 0. The average molecular weight is 291 g/mol. The van der Waals surface area contributed by atoms with Gasteiger partial charge in [-0.25, -0.2) is 4.98 Å². The van der Waals surface area contributed by atoms with E-state index in [1.165, 1.54) is 43.2 Å². The van der Waals surface area contributed by atoms with Crippen molar-refractivity contribution in [2.75, 3.05) is 5.43 Å². The Bertz CT molecular complexity index is 719. The van der Waals surface area contributed by atoms with E-state index in [0.717, 1.165) is 35.0 Å². The van der Waals surface area contributed by atoms with Crippen LogP contribution in [-0.4, -0.2) is 10.7 Å². The second-order valence-electron chi connectivity index (χ2n) is 7.34. The number of benzene rings is 1. The van der Waals surface area contributed by atoms with Gasteiger partial charge < -0.3 is 0 Å². The Balaban J connectivity index is 1.41. The molecule has 0 unspecified atom stereocenters. The molecule has 0 spiro atoms. The van der Waals surface area contributed by atoms with Gasteiger partial charge in [-0.3, -0.25) is 5.43 Å². The molecule has 1 aromatic carbocycles. The SMILES string of the molecule is c1ccc2nc(NN=C3C4CC5CC(C4)CC3C5)ccc2c1. The number of fused-ring (bicyclic) bond motifs is 1. The summed E-state index contributed by atoms with van der Waals surface area (Å²) in [7, 11) is 0. The van der Waals surface area contributed by atoms with Crippen LogP contribution in [0.2, 0.25) is 0 Å². The lowest BCUT2D eigenvalue weighted by Gasteiger charge is -2.50. The number of nitrogens with zero attached hydrogens (tertiary/aromatic N) is 2. The molecular formula is C19H21N3. The molecule has 0 radical (unpaired) electrons. The molecule has 0 atom stereocenters. The van der Waals surface area contributed by atoms with Gasteiger partial charge in [0.2, 0.25) is 0 Å². The lowest BCUT2D eigenvalue weighted by molar-refractivity contribution is 0.108. The number of nitrogens with one attached hydrogen (secondary N) is 1. The van der Waals surface area contributed by atoms with E-state index in [2.05, 4.69) is 28.6 Å². The Kier molecular flexibility index (Phi) is 2.76. The Labute approximate surface area is 130 Å². The fourth-order valence-corrected chi connectivity index (χ4v) is 5.10. The molecule has 3 heteroatoms. The normalized spacial score (nSPS) is 32.5. The van der Waals surface area contributed by atoms with Gasteiger partial charge in [0.1, 0.15) is 5.82 Å². The average Bonchev–Trinajstić information content (AvgIpc) is 2.53. The molecule has 0 aliphatic heterocycles. The van der Waals surface area contributed by atoms with Gasteiger partial charge in [-0.15, -0.1) is 0 Å². The van der Waals surface area contributed by atoms with Crippen LogP contribution in [-0.2, 0) is 0 Å². The lowest BCUT2D eigenvalue weighted by atomic mass is 9.55. The molecule has 4 fully saturated rings. The van der Waals surface area contributed by atoms with Crippen LogP contribution < -0.4 is 5.43 Å². The van der Waals surface area contributed by atoms with E-state index in [9.17, 15) is 0 Å². The number of anilines is 1. The van der Waals surface area contributed by atoms with Crippen LogP contribution in [0.25, 0.3) is 10.9 Å². The largest absolute Gasteiger partial charge is 0.261 e. The predicted molar refractivity (Wildman–Crippen MR) is 89.8 cm³/mol. The summed E-state index contributed by atoms with van der Waals surface area (Å²) in [6, 6.07) is 12.4. The van der Waals surface area contributed by atoms with E-state index >= 15 is 0 Å². The Morgan fingerprint density at radius 3 is 2.36 bits per heavy atom. The number of aromatic nitrogens is 1. The fourth-order valence-electron chi connectivity index (χ4n) is 5.10. The molecule has 0 saturated heterocycles. The maximum absolute atomic E-state index is 4.80. The fraction of sp³-hybridized carbons (Fsp3) is 0.474. The van der Waals surface area contributed by atoms with E-state index in [1.54, 1.807) is 0 Å². The molecule has 112 valence electrons. The topological polar surface area (TPSA) is 37.3 Å². The van der Waals surface area contributed by atoms with Crippen molar-refractivity contribution < 1.29 is 0 Å². The van der Waals surface area contributed by atoms with Gasteiger partial charge in [0.05, 0.1) is 5.52 Å². The zero-order valence-corrected chi connectivity index (χ0v) is 12.7. The predicted octanol–water partition coefficient (Wildman–Crippen LogP) is 4.46. The molecule has 4 aliphatic carbocycles. The summed E-state index contributed by atoms with van der Waals surface area (Å²) < 4.78 is 0. The van der Waals surface area contributed by atoms with E-state index in [4.69, 9.17) is 5.10 Å². The first-order chi connectivity index (χ1) is 10.8. The first-order valence-electron chi connectivity index (χ1n) is 8.54. The molecule has 4 saturated carbocycles. The van der Waals surface area contributed by atoms with E-state index in [-0.39, 0.29) is 0 Å². The third-order valence-electron chi connectivity index (χ3n) is 5.87. The third kappa shape index (κ3) is 2.03. The number of hydrogen-bond acceptors (Lipinski definition) is 3. The van der Waals surface area contributed by atoms with Crippen LogP contribution in [0.15, 0.2) is 41.5 Å². The van der Waals surface area contributed by atoms with Crippen LogP contribution in [0.5, 0.6) is 0 Å². The van der Waals surface area contributed by atoms with Gasteiger partial charge in [0, 0.05) is 11.1 Å². The van der Waals surface area contributed by atoms with Crippen LogP contribution in [0.3, 0.4) is 0 Å². The number of para-hydroxylation sites is 1. The molecule has 1 N–H and O–H groups in total. The third-order valence-corrected chi connectivity index (χ3v) is 5.87. The highest BCUT2D eigenvalue weighted by Gasteiger charge is 2.46. The Morgan fingerprint density at radius 1 is 0.864 bits per heavy atom. The molecule has 1 heterocycles. The van der Waals surface area contributed by atoms with E-state index < -0.39 is 0 Å². The molecule has 0 amide bonds. The zero-order valence-electron chi connectivity index (χ0n) is 12.7. The summed E-state index contributed by atoms with van der Waals surface area (Å²) in [4.78, 5) is 4.66. The van der Waals surface area contributed by atoms with Crippen LogP contribution in [0.4, 0.5) is 5.82 Å². The standard InChI is InChI=1S/C19H21N3/c1-2-4-17-14(3-1)5-6-18(20-17)21-22-19-15-8-12-7-13(10-15)11-16(19)9-12/h1-6,12-13,15-16H,7-11H2,(H,20,21). The maximum Gasteiger partial charge on any atom is 0.146 e. The molecule has 22 heavy (non-hydrogen) atoms. The van der Waals surface area contributed by atoms with Crippen LogP contribution in [0.1, 0.15) is 32.1 Å². The molecule has 3 nitrogen and oxygen atoms in total. The highest BCUT2D eigenvalue weighted by molar-refractivity contribution is 5.91. The van der Waals surface area contributed by atoms with Crippen molar-refractivity contribution in [1.82, 2.24) is 4.98 Å². The van der Waals surface area contributed by atoms with Crippen LogP contribution >= 0.6 is 0 Å². The minimum atomic E-state index is 0.740. The second kappa shape index (κ2) is 4.80. The number of rotatable bonds is 2. The van der Waals surface area contributed by atoms with E-state index in [1.807, 2.05) is 18.2 Å². The minimum Gasteiger partial charge on any atom is -0.261 e. The van der Waals surface area contributed by atoms with Crippen molar-refractivity contribution in [2.24, 2.45) is 28.8 Å². The van der Waals surface area contributed by atoms with Gasteiger partial charge in [-0.05, 0) is 74.0 Å². The molecule has 2 aromatic rings. The zero-order chi connectivity index (χ0) is 14.5. The number of hydrogen-bond donors (Lipinski definition) is 1. The van der Waals surface area contributed by atoms with Gasteiger partial charge in [-0.2, -0.15) is 5.10 Å². The monoisotopic (exact) mass is 291 g/mol. The molecule has 6 rings (SSSR count). The van der Waals surface area contributed by atoms with Crippen molar-refractivity contribution in [3.05, 3.63) is 36.4 Å². The summed E-state index contributed by atoms with van der Waals surface area (Å²) in [5, 5.41) is 5.98. The van der Waals surface area contributed by atoms with Gasteiger partial charge in [0.15, 0.2) is 0 Å².